The number of amidine groups is 1. The number of sulfone groups is 1. The van der Waals surface area contributed by atoms with Crippen molar-refractivity contribution in [3.63, 3.8) is 0 Å². The number of nitrogens with zero attached hydrogens (tertiary/aromatic N) is 2. The van der Waals surface area contributed by atoms with Gasteiger partial charge in [-0.25, -0.2) is 12.8 Å². The van der Waals surface area contributed by atoms with E-state index in [1.165, 1.54) is 12.1 Å². The van der Waals surface area contributed by atoms with Gasteiger partial charge in [0.05, 0.1) is 11.3 Å². The predicted molar refractivity (Wildman–Crippen MR) is 121 cm³/mol. The van der Waals surface area contributed by atoms with Gasteiger partial charge in [0.25, 0.3) is 5.91 Å². The molecule has 2 heterocycles. The van der Waals surface area contributed by atoms with Crippen LogP contribution in [0, 0.1) is 5.82 Å². The summed E-state index contributed by atoms with van der Waals surface area (Å²) in [7, 11) is -3.96. The van der Waals surface area contributed by atoms with Crippen LogP contribution < -0.4 is 5.32 Å². The number of hydrogen-bond acceptors (Lipinski definition) is 5. The topological polar surface area (TPSA) is 95.9 Å². The number of nitrogens with one attached hydrogen (secondary N) is 1. The molecule has 2 atom stereocenters. The van der Waals surface area contributed by atoms with Crippen molar-refractivity contribution in [3.8, 4) is 0 Å². The van der Waals surface area contributed by atoms with E-state index in [4.69, 9.17) is 0 Å². The molecule has 2 aliphatic heterocycles. The molecule has 7 nitrogen and oxygen atoms in total. The van der Waals surface area contributed by atoms with Gasteiger partial charge < -0.3 is 10.2 Å². The van der Waals surface area contributed by atoms with Crippen LogP contribution in [-0.2, 0) is 19.4 Å². The van der Waals surface area contributed by atoms with E-state index in [-0.39, 0.29) is 17.9 Å². The minimum atomic E-state index is -3.96. The maximum atomic E-state index is 13.4. The lowest BCUT2D eigenvalue weighted by Crippen LogP contribution is -2.60. The zero-order valence-corrected chi connectivity index (χ0v) is 18.6. The molecule has 4 rings (SSSR count). The third-order valence-electron chi connectivity index (χ3n) is 5.73. The van der Waals surface area contributed by atoms with Crippen LogP contribution in [0.4, 0.5) is 4.39 Å². The molecule has 9 heteroatoms. The number of allylic oxidation sites excluding steroid dienone is 2. The molecular formula is C24H22FN3O4S. The number of amides is 2. The number of aliphatic imine (C=N–C) groups is 1. The third-order valence-corrected chi connectivity index (χ3v) is 7.85. The van der Waals surface area contributed by atoms with E-state index in [1.807, 2.05) is 0 Å². The van der Waals surface area contributed by atoms with Gasteiger partial charge in [0.15, 0.2) is 9.84 Å². The molecule has 1 N–H and O–H groups in total. The molecular weight excluding hydrogens is 445 g/mol. The van der Waals surface area contributed by atoms with Crippen molar-refractivity contribution >= 4 is 27.5 Å². The normalized spacial score (nSPS) is 20.7. The Morgan fingerprint density at radius 3 is 2.55 bits per heavy atom. The number of carbonyl (C=O) groups is 2. The molecule has 0 spiro atoms. The van der Waals surface area contributed by atoms with Crippen molar-refractivity contribution in [1.29, 1.82) is 0 Å². The van der Waals surface area contributed by atoms with Crippen LogP contribution in [0.2, 0.25) is 0 Å². The zero-order valence-electron chi connectivity index (χ0n) is 17.8. The maximum absolute atomic E-state index is 13.4. The number of fused-ring (bicyclic) bond motifs is 1. The molecule has 0 aromatic heterocycles. The van der Waals surface area contributed by atoms with E-state index < -0.39 is 38.3 Å². The van der Waals surface area contributed by atoms with Crippen LogP contribution in [0.25, 0.3) is 0 Å². The van der Waals surface area contributed by atoms with Crippen molar-refractivity contribution < 1.29 is 22.4 Å². The number of rotatable bonds is 6. The van der Waals surface area contributed by atoms with Gasteiger partial charge in [0, 0.05) is 12.7 Å². The third kappa shape index (κ3) is 4.36. The fourth-order valence-corrected chi connectivity index (χ4v) is 5.58. The van der Waals surface area contributed by atoms with Crippen LogP contribution in [0.15, 0.2) is 88.9 Å². The first-order chi connectivity index (χ1) is 15.7. The summed E-state index contributed by atoms with van der Waals surface area (Å²) >= 11 is 0. The fraction of sp³-hybridized carbons (Fsp3) is 0.208. The Balaban J connectivity index is 1.63. The van der Waals surface area contributed by atoms with Gasteiger partial charge in [-0.05, 0) is 48.9 Å². The van der Waals surface area contributed by atoms with Gasteiger partial charge in [-0.3, -0.25) is 9.59 Å². The lowest BCUT2D eigenvalue weighted by atomic mass is 9.91. The lowest BCUT2D eigenvalue weighted by molar-refractivity contribution is -0.134. The Morgan fingerprint density at radius 2 is 1.85 bits per heavy atom. The summed E-state index contributed by atoms with van der Waals surface area (Å²) in [5.41, 5.74) is -0.786. The highest BCUT2D eigenvalue weighted by molar-refractivity contribution is 7.91. The number of hydrogen-bond donors (Lipinski definition) is 1. The highest BCUT2D eigenvalue weighted by Gasteiger charge is 2.45. The summed E-state index contributed by atoms with van der Waals surface area (Å²) < 4.78 is 40.2. The van der Waals surface area contributed by atoms with Crippen molar-refractivity contribution in [2.45, 2.75) is 29.0 Å². The van der Waals surface area contributed by atoms with Crippen molar-refractivity contribution in [3.05, 3.63) is 90.4 Å². The average Bonchev–Trinajstić information content (AvgIpc) is 2.80. The van der Waals surface area contributed by atoms with E-state index in [0.717, 1.165) is 12.1 Å². The Labute approximate surface area is 191 Å². The lowest BCUT2D eigenvalue weighted by Gasteiger charge is -2.41. The van der Waals surface area contributed by atoms with E-state index in [1.54, 1.807) is 66.6 Å². The molecule has 2 aliphatic rings. The van der Waals surface area contributed by atoms with E-state index in [0.29, 0.717) is 11.4 Å². The molecule has 0 radical (unpaired) electrons. The first-order valence-electron chi connectivity index (χ1n) is 10.3. The summed E-state index contributed by atoms with van der Waals surface area (Å²) in [4.78, 5) is 31.0. The molecule has 0 saturated carbocycles. The van der Waals surface area contributed by atoms with E-state index in [2.05, 4.69) is 10.3 Å². The van der Waals surface area contributed by atoms with Gasteiger partial charge in [-0.15, -0.1) is 0 Å². The first kappa shape index (κ1) is 22.6. The summed E-state index contributed by atoms with van der Waals surface area (Å²) in [6, 6.07) is 13.1. The molecule has 2 amide bonds. The molecule has 2 unspecified atom stereocenters. The highest BCUT2D eigenvalue weighted by atomic mass is 32.2. The zero-order chi connectivity index (χ0) is 23.6. The molecule has 170 valence electrons. The molecule has 2 aromatic rings. The van der Waals surface area contributed by atoms with Crippen LogP contribution in [-0.4, -0.2) is 43.1 Å². The predicted octanol–water partition coefficient (Wildman–Crippen LogP) is 2.93. The molecule has 33 heavy (non-hydrogen) atoms. The molecule has 2 aromatic carbocycles. The van der Waals surface area contributed by atoms with Gasteiger partial charge in [0.1, 0.15) is 22.4 Å². The van der Waals surface area contributed by atoms with Crippen molar-refractivity contribution in [1.82, 2.24) is 10.2 Å². The maximum Gasteiger partial charge on any atom is 0.250 e. The second-order valence-electron chi connectivity index (χ2n) is 7.99. The largest absolute Gasteiger partial charge is 0.352 e. The van der Waals surface area contributed by atoms with E-state index in [9.17, 15) is 22.4 Å². The van der Waals surface area contributed by atoms with Gasteiger partial charge in [0.2, 0.25) is 5.91 Å². The Hall–Kier alpha value is -3.59. The van der Waals surface area contributed by atoms with Gasteiger partial charge >= 0.3 is 0 Å². The average molecular weight is 468 g/mol. The minimum absolute atomic E-state index is 0.0513. The van der Waals surface area contributed by atoms with Crippen molar-refractivity contribution in [2.75, 3.05) is 6.54 Å². The Bertz CT molecular complexity index is 1270. The van der Waals surface area contributed by atoms with Gasteiger partial charge in [-0.2, -0.15) is 4.99 Å². The summed E-state index contributed by atoms with van der Waals surface area (Å²) in [5, 5.41) is 1.62. The molecule has 0 saturated heterocycles. The summed E-state index contributed by atoms with van der Waals surface area (Å²) in [6.07, 6.45) is 6.59. The summed E-state index contributed by atoms with van der Waals surface area (Å²) in [6.45, 7) is 1.39. The van der Waals surface area contributed by atoms with Crippen LogP contribution in [0.1, 0.15) is 24.2 Å². The van der Waals surface area contributed by atoms with Crippen LogP contribution in [0.5, 0.6) is 0 Å². The summed E-state index contributed by atoms with van der Waals surface area (Å²) in [5.74, 6) is -1.13. The standard InChI is InChI=1S/C24H22FN3O4S/c1-24(15-22(29)27-21-9-5-6-14-28(21)24)23(30)26-16-20(17-7-3-2-4-8-17)33(31,32)19-12-10-18(25)11-13-19/h2-14,20H,15-16H2,1H3,(H,26,30). The SMILES string of the molecule is CC1(C(=O)NCC(c2ccccc2)S(=O)(=O)c2ccc(F)cc2)CC(=O)N=C2C=CC=CN21. The Morgan fingerprint density at radius 1 is 1.15 bits per heavy atom. The van der Waals surface area contributed by atoms with Crippen LogP contribution in [0.3, 0.4) is 0 Å². The quantitative estimate of drug-likeness (QED) is 0.659. The number of halogens is 1. The number of benzene rings is 2. The molecule has 0 fully saturated rings. The van der Waals surface area contributed by atoms with Gasteiger partial charge in [-0.1, -0.05) is 36.4 Å². The van der Waals surface area contributed by atoms with Crippen molar-refractivity contribution in [2.24, 2.45) is 4.99 Å². The highest BCUT2D eigenvalue weighted by Crippen LogP contribution is 2.31. The first-order valence-corrected chi connectivity index (χ1v) is 11.8. The fourth-order valence-electron chi connectivity index (χ4n) is 3.92. The number of carbonyl (C=O) groups excluding carboxylic acids is 2. The van der Waals surface area contributed by atoms with Crippen LogP contribution >= 0.6 is 0 Å². The monoisotopic (exact) mass is 467 g/mol. The smallest absolute Gasteiger partial charge is 0.250 e. The second kappa shape index (κ2) is 8.74. The molecule has 0 bridgehead atoms. The van der Waals surface area contributed by atoms with E-state index >= 15 is 0 Å². The second-order valence-corrected chi connectivity index (χ2v) is 10.1. The minimum Gasteiger partial charge on any atom is -0.352 e. The molecule has 0 aliphatic carbocycles. The Kier molecular flexibility index (Phi) is 5.99.